The largest absolute Gasteiger partial charge is 0.497 e. The van der Waals surface area contributed by atoms with Crippen molar-refractivity contribution in [2.45, 2.75) is 13.3 Å². The summed E-state index contributed by atoms with van der Waals surface area (Å²) in [5.41, 5.74) is 3.74. The van der Waals surface area contributed by atoms with Gasteiger partial charge in [0.15, 0.2) is 5.11 Å². The van der Waals surface area contributed by atoms with Crippen molar-refractivity contribution in [3.63, 3.8) is 0 Å². The van der Waals surface area contributed by atoms with Gasteiger partial charge in [-0.1, -0.05) is 0 Å². The van der Waals surface area contributed by atoms with Crippen molar-refractivity contribution in [3.05, 3.63) is 29.8 Å². The highest BCUT2D eigenvalue weighted by Gasteiger charge is 1.93. The molecule has 0 bridgehead atoms. The van der Waals surface area contributed by atoms with Gasteiger partial charge in [0.25, 0.3) is 0 Å². The molecule has 2 N–H and O–H groups in total. The molecule has 0 radical (unpaired) electrons. The number of methoxy groups -OCH3 is 1. The van der Waals surface area contributed by atoms with E-state index in [0.717, 1.165) is 37.5 Å². The molecule has 1 aromatic rings. The summed E-state index contributed by atoms with van der Waals surface area (Å²) in [4.78, 5) is 0. The van der Waals surface area contributed by atoms with Crippen LogP contribution in [0.15, 0.2) is 29.4 Å². The molecule has 0 heterocycles. The molecule has 0 aliphatic rings. The lowest BCUT2D eigenvalue weighted by atomic mass is 10.2. The summed E-state index contributed by atoms with van der Waals surface area (Å²) in [6.07, 6.45) is 2.62. The highest BCUT2D eigenvalue weighted by molar-refractivity contribution is 7.80. The fourth-order valence-corrected chi connectivity index (χ4v) is 1.57. The van der Waals surface area contributed by atoms with Gasteiger partial charge < -0.3 is 14.8 Å². The third-order valence-electron chi connectivity index (χ3n) is 2.45. The van der Waals surface area contributed by atoms with Crippen LogP contribution in [0.25, 0.3) is 0 Å². The lowest BCUT2D eigenvalue weighted by Gasteiger charge is -2.06. The molecule has 0 spiro atoms. The maximum Gasteiger partial charge on any atom is 0.186 e. The molecular weight excluding hydrogens is 274 g/mol. The fraction of sp³-hybridized carbons (Fsp3) is 0.429. The topological polar surface area (TPSA) is 54.9 Å². The standard InChI is InChI=1S/C14H21N3O2S/c1-3-19-10-4-9-15-14(20)17-16-11-12-5-7-13(18-2)8-6-12/h5-8,11H,3-4,9-10H2,1-2H3,(H2,15,17,20)/b16-11-. The van der Waals surface area contributed by atoms with E-state index in [9.17, 15) is 0 Å². The number of thiocarbonyl (C=S) groups is 1. The molecule has 20 heavy (non-hydrogen) atoms. The summed E-state index contributed by atoms with van der Waals surface area (Å²) in [5, 5.41) is 7.62. The first-order valence-electron chi connectivity index (χ1n) is 6.55. The molecule has 1 rings (SSSR count). The molecule has 0 saturated carbocycles. The molecule has 0 aromatic heterocycles. The van der Waals surface area contributed by atoms with Crippen molar-refractivity contribution in [2.24, 2.45) is 5.10 Å². The number of nitrogens with one attached hydrogen (secondary N) is 2. The van der Waals surface area contributed by atoms with Crippen LogP contribution < -0.4 is 15.5 Å². The quantitative estimate of drug-likeness (QED) is 0.332. The minimum Gasteiger partial charge on any atom is -0.497 e. The first-order chi connectivity index (χ1) is 9.76. The monoisotopic (exact) mass is 295 g/mol. The second-order valence-electron chi connectivity index (χ2n) is 3.95. The lowest BCUT2D eigenvalue weighted by Crippen LogP contribution is -2.33. The minimum atomic E-state index is 0.506. The Morgan fingerprint density at radius 1 is 1.35 bits per heavy atom. The molecule has 0 aliphatic heterocycles. The lowest BCUT2D eigenvalue weighted by molar-refractivity contribution is 0.145. The van der Waals surface area contributed by atoms with E-state index in [1.165, 1.54) is 0 Å². The second-order valence-corrected chi connectivity index (χ2v) is 4.36. The van der Waals surface area contributed by atoms with Gasteiger partial charge in [0.2, 0.25) is 0 Å². The van der Waals surface area contributed by atoms with Gasteiger partial charge in [-0.15, -0.1) is 0 Å². The van der Waals surface area contributed by atoms with E-state index in [4.69, 9.17) is 21.7 Å². The summed E-state index contributed by atoms with van der Waals surface area (Å²) in [6, 6.07) is 7.60. The van der Waals surface area contributed by atoms with Crippen LogP contribution in [0.3, 0.4) is 0 Å². The summed E-state index contributed by atoms with van der Waals surface area (Å²) >= 11 is 5.09. The molecule has 110 valence electrons. The normalized spacial score (nSPS) is 10.5. The van der Waals surface area contributed by atoms with Gasteiger partial charge in [-0.2, -0.15) is 5.10 Å². The molecule has 0 unspecified atom stereocenters. The van der Waals surface area contributed by atoms with Crippen LogP contribution in [0.1, 0.15) is 18.9 Å². The maximum absolute atomic E-state index is 5.23. The Morgan fingerprint density at radius 2 is 2.10 bits per heavy atom. The number of rotatable bonds is 8. The van der Waals surface area contributed by atoms with Crippen LogP contribution >= 0.6 is 12.2 Å². The summed E-state index contributed by atoms with van der Waals surface area (Å²) in [5.74, 6) is 0.821. The van der Waals surface area contributed by atoms with Crippen molar-refractivity contribution in [2.75, 3.05) is 26.9 Å². The zero-order chi connectivity index (χ0) is 14.6. The van der Waals surface area contributed by atoms with Gasteiger partial charge in [0.05, 0.1) is 13.3 Å². The van der Waals surface area contributed by atoms with E-state index in [-0.39, 0.29) is 0 Å². The number of ether oxygens (including phenoxy) is 2. The minimum absolute atomic E-state index is 0.506. The van der Waals surface area contributed by atoms with Crippen LogP contribution in [0, 0.1) is 0 Å². The predicted octanol–water partition coefficient (Wildman–Crippen LogP) is 1.92. The molecule has 5 nitrogen and oxygen atoms in total. The third kappa shape index (κ3) is 7.06. The fourth-order valence-electron chi connectivity index (χ4n) is 1.42. The zero-order valence-electron chi connectivity index (χ0n) is 11.9. The van der Waals surface area contributed by atoms with Gasteiger partial charge in [0.1, 0.15) is 5.75 Å². The van der Waals surface area contributed by atoms with Gasteiger partial charge in [-0.05, 0) is 55.4 Å². The first kappa shape index (κ1) is 16.4. The van der Waals surface area contributed by atoms with Gasteiger partial charge >= 0.3 is 0 Å². The average Bonchev–Trinajstić information content (AvgIpc) is 2.48. The SMILES string of the molecule is CCOCCCNC(=S)N/N=C\c1ccc(OC)cc1. The van der Waals surface area contributed by atoms with Gasteiger partial charge in [-0.25, -0.2) is 0 Å². The molecule has 0 atom stereocenters. The average molecular weight is 295 g/mol. The number of hydrogen-bond acceptors (Lipinski definition) is 4. The van der Waals surface area contributed by atoms with Gasteiger partial charge in [-0.3, -0.25) is 5.43 Å². The third-order valence-corrected chi connectivity index (χ3v) is 2.69. The Kier molecular flexibility index (Phi) is 8.33. The highest BCUT2D eigenvalue weighted by atomic mass is 32.1. The summed E-state index contributed by atoms with van der Waals surface area (Å²) in [7, 11) is 1.64. The van der Waals surface area contributed by atoms with Crippen molar-refractivity contribution >= 4 is 23.5 Å². The van der Waals surface area contributed by atoms with Crippen molar-refractivity contribution in [1.29, 1.82) is 0 Å². The molecule has 0 saturated heterocycles. The zero-order valence-corrected chi connectivity index (χ0v) is 12.7. The van der Waals surface area contributed by atoms with E-state index in [1.54, 1.807) is 13.3 Å². The van der Waals surface area contributed by atoms with E-state index >= 15 is 0 Å². The van der Waals surface area contributed by atoms with Crippen LogP contribution in [0.4, 0.5) is 0 Å². The van der Waals surface area contributed by atoms with Crippen LogP contribution in [0.2, 0.25) is 0 Å². The van der Waals surface area contributed by atoms with Gasteiger partial charge in [0, 0.05) is 19.8 Å². The Balaban J connectivity index is 2.20. The smallest absolute Gasteiger partial charge is 0.186 e. The summed E-state index contributed by atoms with van der Waals surface area (Å²) in [6.45, 7) is 4.23. The Labute approximate surface area is 125 Å². The number of hydrogen-bond donors (Lipinski definition) is 2. The second kappa shape index (κ2) is 10.2. The first-order valence-corrected chi connectivity index (χ1v) is 6.95. The van der Waals surface area contributed by atoms with Crippen molar-refractivity contribution < 1.29 is 9.47 Å². The highest BCUT2D eigenvalue weighted by Crippen LogP contribution is 2.09. The van der Waals surface area contributed by atoms with E-state index < -0.39 is 0 Å². The van der Waals surface area contributed by atoms with Crippen molar-refractivity contribution in [1.82, 2.24) is 10.7 Å². The molecular formula is C14H21N3O2S. The molecule has 0 aliphatic carbocycles. The van der Waals surface area contributed by atoms with Crippen LogP contribution in [0.5, 0.6) is 5.75 Å². The number of benzene rings is 1. The van der Waals surface area contributed by atoms with Crippen LogP contribution in [-0.4, -0.2) is 38.2 Å². The van der Waals surface area contributed by atoms with E-state index in [1.807, 2.05) is 31.2 Å². The summed E-state index contributed by atoms with van der Waals surface area (Å²) < 4.78 is 10.3. The molecule has 6 heteroatoms. The van der Waals surface area contributed by atoms with Crippen LogP contribution in [-0.2, 0) is 4.74 Å². The maximum atomic E-state index is 5.23. The van der Waals surface area contributed by atoms with E-state index in [2.05, 4.69) is 15.8 Å². The Bertz CT molecular complexity index is 421. The Hall–Kier alpha value is -1.66. The molecule has 1 aromatic carbocycles. The van der Waals surface area contributed by atoms with Crippen molar-refractivity contribution in [3.8, 4) is 5.75 Å². The molecule has 0 amide bonds. The van der Waals surface area contributed by atoms with E-state index in [0.29, 0.717) is 5.11 Å². The molecule has 0 fully saturated rings. The number of nitrogens with zero attached hydrogens (tertiary/aromatic N) is 1. The Morgan fingerprint density at radius 3 is 2.75 bits per heavy atom. The number of hydrazone groups is 1. The predicted molar refractivity (Wildman–Crippen MR) is 85.4 cm³/mol.